The smallest absolute Gasteiger partial charge is 0.228 e. The number of ether oxygens (including phenoxy) is 3. The minimum absolute atomic E-state index is 0.186. The van der Waals surface area contributed by atoms with Crippen molar-refractivity contribution in [3.8, 4) is 0 Å². The third-order valence-corrected chi connectivity index (χ3v) is 2.80. The molecule has 0 aromatic heterocycles. The molecule has 1 saturated heterocycles. The number of aliphatic hydroxyl groups is 4. The molecule has 0 saturated carbocycles. The van der Waals surface area contributed by atoms with Gasteiger partial charge in [-0.05, 0) is 12.2 Å². The van der Waals surface area contributed by atoms with Gasteiger partial charge in [-0.25, -0.2) is 0 Å². The zero-order valence-corrected chi connectivity index (χ0v) is 9.55. The average molecular weight is 260 g/mol. The third-order valence-electron chi connectivity index (χ3n) is 2.80. The second kappa shape index (κ2) is 5.68. The lowest BCUT2D eigenvalue weighted by atomic mass is 9.99. The Labute approximate surface area is 104 Å². The van der Waals surface area contributed by atoms with E-state index in [9.17, 15) is 15.3 Å². The summed E-state index contributed by atoms with van der Waals surface area (Å²) < 4.78 is 15.5. The Hall–Kier alpha value is -1.12. The van der Waals surface area contributed by atoms with E-state index in [4.69, 9.17) is 19.3 Å². The number of hydrogen-bond donors (Lipinski definition) is 4. The van der Waals surface area contributed by atoms with E-state index in [1.54, 1.807) is 12.2 Å². The number of rotatable bonds is 3. The first-order valence-electron chi connectivity index (χ1n) is 5.58. The van der Waals surface area contributed by atoms with Gasteiger partial charge in [-0.3, -0.25) is 0 Å². The zero-order valence-electron chi connectivity index (χ0n) is 9.55. The molecule has 18 heavy (non-hydrogen) atoms. The van der Waals surface area contributed by atoms with Gasteiger partial charge in [-0.2, -0.15) is 0 Å². The third kappa shape index (κ3) is 2.65. The fourth-order valence-corrected chi connectivity index (χ4v) is 1.77. The van der Waals surface area contributed by atoms with Crippen molar-refractivity contribution in [2.24, 2.45) is 0 Å². The van der Waals surface area contributed by atoms with E-state index in [2.05, 4.69) is 0 Å². The van der Waals surface area contributed by atoms with Crippen molar-refractivity contribution in [3.63, 3.8) is 0 Å². The molecule has 0 bridgehead atoms. The summed E-state index contributed by atoms with van der Waals surface area (Å²) in [4.78, 5) is 0. The molecule has 2 heterocycles. The van der Waals surface area contributed by atoms with Crippen molar-refractivity contribution < 1.29 is 34.6 Å². The van der Waals surface area contributed by atoms with Gasteiger partial charge in [-0.1, -0.05) is 0 Å². The Morgan fingerprint density at radius 3 is 2.61 bits per heavy atom. The van der Waals surface area contributed by atoms with E-state index >= 15 is 0 Å². The minimum atomic E-state index is -1.44. The summed E-state index contributed by atoms with van der Waals surface area (Å²) in [6.45, 7) is -0.300. The van der Waals surface area contributed by atoms with Crippen LogP contribution in [0.15, 0.2) is 24.2 Å². The predicted octanol–water partition coefficient (Wildman–Crippen LogP) is -1.77. The van der Waals surface area contributed by atoms with E-state index < -0.39 is 37.3 Å². The Bertz CT molecular complexity index is 338. The van der Waals surface area contributed by atoms with Gasteiger partial charge in [0.15, 0.2) is 0 Å². The summed E-state index contributed by atoms with van der Waals surface area (Å²) in [6.07, 6.45) is -1.65. The van der Waals surface area contributed by atoms with Crippen LogP contribution in [0.4, 0.5) is 0 Å². The zero-order chi connectivity index (χ0) is 13.1. The van der Waals surface area contributed by atoms with Crippen LogP contribution in [0.5, 0.6) is 0 Å². The van der Waals surface area contributed by atoms with E-state index in [1.807, 2.05) is 0 Å². The van der Waals surface area contributed by atoms with Crippen molar-refractivity contribution >= 4 is 0 Å². The Kier molecular flexibility index (Phi) is 4.20. The maximum Gasteiger partial charge on any atom is 0.228 e. The number of allylic oxidation sites excluding steroid dienone is 2. The monoisotopic (exact) mass is 260 g/mol. The normalized spacial score (nSPS) is 40.0. The Morgan fingerprint density at radius 1 is 1.22 bits per heavy atom. The van der Waals surface area contributed by atoms with Gasteiger partial charge in [0, 0.05) is 0 Å². The number of hydrogen-bond acceptors (Lipinski definition) is 7. The summed E-state index contributed by atoms with van der Waals surface area (Å²) in [6, 6.07) is 0. The van der Waals surface area contributed by atoms with Crippen LogP contribution in [-0.2, 0) is 14.2 Å². The van der Waals surface area contributed by atoms with Crippen LogP contribution < -0.4 is 0 Å². The highest BCUT2D eigenvalue weighted by Crippen LogP contribution is 2.24. The Balaban J connectivity index is 2.02. The van der Waals surface area contributed by atoms with E-state index in [-0.39, 0.29) is 6.61 Å². The van der Waals surface area contributed by atoms with Gasteiger partial charge in [0.1, 0.15) is 36.8 Å². The summed E-state index contributed by atoms with van der Waals surface area (Å²) in [5.41, 5.74) is 0. The SMILES string of the molecule is OC[C@H]1OC(OC2=CC=COC2)[C@H](O)[C@@H](O)[C@@H]1O. The molecule has 1 unspecified atom stereocenters. The van der Waals surface area contributed by atoms with E-state index in [1.165, 1.54) is 6.26 Å². The first-order valence-corrected chi connectivity index (χ1v) is 5.58. The molecule has 0 radical (unpaired) electrons. The van der Waals surface area contributed by atoms with E-state index in [0.29, 0.717) is 5.76 Å². The first kappa shape index (κ1) is 13.3. The largest absolute Gasteiger partial charge is 0.493 e. The standard InChI is InChI=1S/C11H16O7/c12-4-7-8(13)9(14)10(15)11(18-7)17-6-2-1-3-16-5-6/h1-3,7-15H,4-5H2/t7-,8-,9+,10-,11?/m1/s1. The lowest BCUT2D eigenvalue weighted by molar-refractivity contribution is -0.292. The van der Waals surface area contributed by atoms with Gasteiger partial charge < -0.3 is 34.6 Å². The van der Waals surface area contributed by atoms with Crippen LogP contribution in [0.1, 0.15) is 0 Å². The molecule has 102 valence electrons. The van der Waals surface area contributed by atoms with E-state index in [0.717, 1.165) is 0 Å². The quantitative estimate of drug-likeness (QED) is 0.475. The first-order chi connectivity index (χ1) is 8.63. The van der Waals surface area contributed by atoms with Crippen molar-refractivity contribution in [1.29, 1.82) is 0 Å². The molecule has 0 spiro atoms. The molecule has 0 aromatic rings. The highest BCUT2D eigenvalue weighted by molar-refractivity contribution is 5.10. The van der Waals surface area contributed by atoms with Crippen LogP contribution in [0, 0.1) is 0 Å². The minimum Gasteiger partial charge on any atom is -0.493 e. The Morgan fingerprint density at radius 2 is 2.00 bits per heavy atom. The van der Waals surface area contributed by atoms with Crippen molar-refractivity contribution in [3.05, 3.63) is 24.2 Å². The van der Waals surface area contributed by atoms with Crippen LogP contribution in [-0.4, -0.2) is 64.3 Å². The fraction of sp³-hybridized carbons (Fsp3) is 0.636. The maximum atomic E-state index is 9.72. The molecule has 0 aromatic carbocycles. The van der Waals surface area contributed by atoms with Crippen LogP contribution in [0.3, 0.4) is 0 Å². The summed E-state index contributed by atoms with van der Waals surface area (Å²) in [7, 11) is 0. The average Bonchev–Trinajstić information content (AvgIpc) is 2.40. The molecule has 1 fully saturated rings. The number of aliphatic hydroxyl groups excluding tert-OH is 4. The molecular weight excluding hydrogens is 244 g/mol. The molecule has 4 N–H and O–H groups in total. The lowest BCUT2D eigenvalue weighted by Gasteiger charge is -2.39. The lowest BCUT2D eigenvalue weighted by Crippen LogP contribution is -2.59. The molecular formula is C11H16O7. The van der Waals surface area contributed by atoms with Crippen LogP contribution in [0.2, 0.25) is 0 Å². The predicted molar refractivity (Wildman–Crippen MR) is 58.0 cm³/mol. The van der Waals surface area contributed by atoms with Crippen LogP contribution in [0.25, 0.3) is 0 Å². The molecule has 5 atom stereocenters. The van der Waals surface area contributed by atoms with Gasteiger partial charge in [0.2, 0.25) is 6.29 Å². The maximum absolute atomic E-state index is 9.72. The molecule has 2 aliphatic heterocycles. The van der Waals surface area contributed by atoms with Crippen molar-refractivity contribution in [1.82, 2.24) is 0 Å². The second-order valence-corrected chi connectivity index (χ2v) is 4.09. The van der Waals surface area contributed by atoms with Gasteiger partial charge >= 0.3 is 0 Å². The second-order valence-electron chi connectivity index (χ2n) is 4.09. The fourth-order valence-electron chi connectivity index (χ4n) is 1.77. The van der Waals surface area contributed by atoms with Gasteiger partial charge in [0.05, 0.1) is 12.9 Å². The molecule has 2 aliphatic rings. The molecule has 7 nitrogen and oxygen atoms in total. The topological polar surface area (TPSA) is 109 Å². The summed E-state index contributed by atoms with van der Waals surface area (Å²) in [5.74, 6) is 0.418. The molecule has 0 amide bonds. The summed E-state index contributed by atoms with van der Waals surface area (Å²) >= 11 is 0. The van der Waals surface area contributed by atoms with Crippen LogP contribution >= 0.6 is 0 Å². The molecule has 0 aliphatic carbocycles. The highest BCUT2D eigenvalue weighted by atomic mass is 16.7. The van der Waals surface area contributed by atoms with Crippen molar-refractivity contribution in [2.75, 3.05) is 13.2 Å². The summed E-state index contributed by atoms with van der Waals surface area (Å²) in [5, 5.41) is 37.9. The molecule has 2 rings (SSSR count). The van der Waals surface area contributed by atoms with Crippen molar-refractivity contribution in [2.45, 2.75) is 30.7 Å². The molecule has 7 heteroatoms. The van der Waals surface area contributed by atoms with Gasteiger partial charge in [0.25, 0.3) is 0 Å². The van der Waals surface area contributed by atoms with Gasteiger partial charge in [-0.15, -0.1) is 0 Å². The highest BCUT2D eigenvalue weighted by Gasteiger charge is 2.44.